The van der Waals surface area contributed by atoms with E-state index in [9.17, 15) is 4.79 Å². The standard InChI is InChI=1S/C24H40N4O/c1-25-13-8-12-23(25)24(29)28(18-17-26-14-5-2-6-15-26)20-21-9-7-16-27(19-21)22-10-3-4-11-22/h8,12-13,21-22H,2-7,9-11,14-20H2,1H3. The number of rotatable bonds is 7. The minimum absolute atomic E-state index is 0.215. The molecular weight excluding hydrogens is 360 g/mol. The second-order valence-corrected chi connectivity index (χ2v) is 9.60. The average molecular weight is 401 g/mol. The molecule has 0 aromatic carbocycles. The number of nitrogens with zero attached hydrogens (tertiary/aromatic N) is 4. The molecule has 29 heavy (non-hydrogen) atoms. The Hall–Kier alpha value is -1.33. The smallest absolute Gasteiger partial charge is 0.270 e. The molecule has 162 valence electrons. The molecule has 2 aliphatic heterocycles. The number of likely N-dealkylation sites (tertiary alicyclic amines) is 2. The van der Waals surface area contributed by atoms with Gasteiger partial charge in [-0.15, -0.1) is 0 Å². The van der Waals surface area contributed by atoms with Gasteiger partial charge in [0.15, 0.2) is 0 Å². The highest BCUT2D eigenvalue weighted by Gasteiger charge is 2.30. The fourth-order valence-electron chi connectivity index (χ4n) is 5.73. The van der Waals surface area contributed by atoms with Crippen LogP contribution in [-0.4, -0.2) is 77.0 Å². The molecule has 1 amide bonds. The van der Waals surface area contributed by atoms with Crippen LogP contribution in [0.15, 0.2) is 18.3 Å². The van der Waals surface area contributed by atoms with Crippen LogP contribution in [0.5, 0.6) is 0 Å². The third kappa shape index (κ3) is 5.43. The minimum atomic E-state index is 0.215. The number of piperidine rings is 2. The van der Waals surface area contributed by atoms with Crippen LogP contribution in [0.3, 0.4) is 0 Å². The zero-order chi connectivity index (χ0) is 20.1. The first-order valence-electron chi connectivity index (χ1n) is 12.1. The molecule has 5 nitrogen and oxygen atoms in total. The Balaban J connectivity index is 1.39. The zero-order valence-electron chi connectivity index (χ0n) is 18.4. The van der Waals surface area contributed by atoms with Crippen molar-refractivity contribution in [3.63, 3.8) is 0 Å². The number of aromatic nitrogens is 1. The van der Waals surface area contributed by atoms with Crippen LogP contribution in [0.2, 0.25) is 0 Å². The highest BCUT2D eigenvalue weighted by molar-refractivity contribution is 5.92. The van der Waals surface area contributed by atoms with Crippen LogP contribution in [0.25, 0.3) is 0 Å². The van der Waals surface area contributed by atoms with E-state index in [1.165, 1.54) is 84.0 Å². The lowest BCUT2D eigenvalue weighted by molar-refractivity contribution is 0.0601. The molecule has 1 unspecified atom stereocenters. The maximum Gasteiger partial charge on any atom is 0.270 e. The summed E-state index contributed by atoms with van der Waals surface area (Å²) in [6.45, 7) is 7.66. The Bertz CT molecular complexity index is 645. The summed E-state index contributed by atoms with van der Waals surface area (Å²) in [5, 5.41) is 0. The molecule has 5 heteroatoms. The Labute approximate surface area is 177 Å². The Kier molecular flexibility index (Phi) is 7.30. The van der Waals surface area contributed by atoms with Crippen molar-refractivity contribution in [3.05, 3.63) is 24.0 Å². The van der Waals surface area contributed by atoms with Gasteiger partial charge in [-0.3, -0.25) is 4.79 Å². The topological polar surface area (TPSA) is 31.7 Å². The van der Waals surface area contributed by atoms with Gasteiger partial charge in [0.25, 0.3) is 5.91 Å². The van der Waals surface area contributed by atoms with Crippen molar-refractivity contribution in [1.82, 2.24) is 19.3 Å². The Morgan fingerprint density at radius 3 is 2.55 bits per heavy atom. The summed E-state index contributed by atoms with van der Waals surface area (Å²) in [4.78, 5) is 20.9. The van der Waals surface area contributed by atoms with E-state index in [0.29, 0.717) is 5.92 Å². The van der Waals surface area contributed by atoms with Gasteiger partial charge in [-0.1, -0.05) is 19.3 Å². The van der Waals surface area contributed by atoms with Gasteiger partial charge in [-0.2, -0.15) is 0 Å². The molecule has 1 aromatic heterocycles. The summed E-state index contributed by atoms with van der Waals surface area (Å²) in [5.74, 6) is 0.836. The molecule has 0 bridgehead atoms. The van der Waals surface area contributed by atoms with Crippen LogP contribution < -0.4 is 0 Å². The predicted molar refractivity (Wildman–Crippen MR) is 118 cm³/mol. The van der Waals surface area contributed by atoms with Crippen LogP contribution >= 0.6 is 0 Å². The second kappa shape index (κ2) is 10.1. The highest BCUT2D eigenvalue weighted by atomic mass is 16.2. The van der Waals surface area contributed by atoms with E-state index < -0.39 is 0 Å². The molecule has 1 aromatic rings. The van der Waals surface area contributed by atoms with Crippen molar-refractivity contribution in [1.29, 1.82) is 0 Å². The molecule has 0 N–H and O–H groups in total. The zero-order valence-corrected chi connectivity index (χ0v) is 18.4. The Morgan fingerprint density at radius 1 is 1.03 bits per heavy atom. The fraction of sp³-hybridized carbons (Fsp3) is 0.792. The minimum Gasteiger partial charge on any atom is -0.347 e. The lowest BCUT2D eigenvalue weighted by Gasteiger charge is -2.39. The summed E-state index contributed by atoms with van der Waals surface area (Å²) in [7, 11) is 1.98. The van der Waals surface area contributed by atoms with Gasteiger partial charge >= 0.3 is 0 Å². The normalized spacial score (nSPS) is 24.8. The van der Waals surface area contributed by atoms with Gasteiger partial charge < -0.3 is 19.3 Å². The molecule has 3 heterocycles. The van der Waals surface area contributed by atoms with Gasteiger partial charge in [-0.05, 0) is 76.2 Å². The van der Waals surface area contributed by atoms with Crippen molar-refractivity contribution in [2.75, 3.05) is 45.8 Å². The highest BCUT2D eigenvalue weighted by Crippen LogP contribution is 2.28. The predicted octanol–water partition coefficient (Wildman–Crippen LogP) is 3.61. The fourth-order valence-corrected chi connectivity index (χ4v) is 5.73. The van der Waals surface area contributed by atoms with Gasteiger partial charge in [0.1, 0.15) is 5.69 Å². The quantitative estimate of drug-likeness (QED) is 0.701. The number of hydrogen-bond donors (Lipinski definition) is 0. The monoisotopic (exact) mass is 400 g/mol. The summed E-state index contributed by atoms with van der Waals surface area (Å²) >= 11 is 0. The van der Waals surface area contributed by atoms with E-state index in [1.54, 1.807) is 0 Å². The number of carbonyl (C=O) groups excluding carboxylic acids is 1. The van der Waals surface area contributed by atoms with E-state index in [2.05, 4.69) is 14.7 Å². The van der Waals surface area contributed by atoms with E-state index in [1.807, 2.05) is 29.9 Å². The lowest BCUT2D eigenvalue weighted by atomic mass is 9.95. The maximum absolute atomic E-state index is 13.4. The van der Waals surface area contributed by atoms with Gasteiger partial charge in [0.05, 0.1) is 0 Å². The molecule has 3 aliphatic rings. The molecule has 1 atom stereocenters. The molecule has 3 fully saturated rings. The molecule has 1 saturated carbocycles. The molecule has 0 radical (unpaired) electrons. The second-order valence-electron chi connectivity index (χ2n) is 9.60. The summed E-state index contributed by atoms with van der Waals surface area (Å²) in [6, 6.07) is 4.77. The molecule has 2 saturated heterocycles. The van der Waals surface area contributed by atoms with Gasteiger partial charge in [0, 0.05) is 45.5 Å². The molecule has 1 aliphatic carbocycles. The molecule has 4 rings (SSSR count). The summed E-state index contributed by atoms with van der Waals surface area (Å²) < 4.78 is 1.97. The third-order valence-electron chi connectivity index (χ3n) is 7.46. The third-order valence-corrected chi connectivity index (χ3v) is 7.46. The SMILES string of the molecule is Cn1cccc1C(=O)N(CCN1CCCCC1)CC1CCCN(C2CCCC2)C1. The van der Waals surface area contributed by atoms with Crippen molar-refractivity contribution in [2.45, 2.75) is 63.8 Å². The van der Waals surface area contributed by atoms with Gasteiger partial charge in [0.2, 0.25) is 0 Å². The first-order chi connectivity index (χ1) is 14.2. The number of amides is 1. The maximum atomic E-state index is 13.4. The molecular formula is C24H40N4O. The van der Waals surface area contributed by atoms with E-state index in [4.69, 9.17) is 0 Å². The van der Waals surface area contributed by atoms with Crippen LogP contribution in [0.4, 0.5) is 0 Å². The lowest BCUT2D eigenvalue weighted by Crippen LogP contribution is -2.48. The van der Waals surface area contributed by atoms with Crippen LogP contribution in [0.1, 0.15) is 68.3 Å². The summed E-state index contributed by atoms with van der Waals surface area (Å²) in [6.07, 6.45) is 14.1. The summed E-state index contributed by atoms with van der Waals surface area (Å²) in [5.41, 5.74) is 0.826. The first kappa shape index (κ1) is 20.9. The number of aryl methyl sites for hydroxylation is 1. The number of carbonyl (C=O) groups is 1. The van der Waals surface area contributed by atoms with Gasteiger partial charge in [-0.25, -0.2) is 0 Å². The number of hydrogen-bond acceptors (Lipinski definition) is 3. The van der Waals surface area contributed by atoms with Crippen LogP contribution in [-0.2, 0) is 7.05 Å². The molecule has 0 spiro atoms. The van der Waals surface area contributed by atoms with E-state index in [0.717, 1.165) is 31.4 Å². The largest absolute Gasteiger partial charge is 0.347 e. The van der Waals surface area contributed by atoms with Crippen molar-refractivity contribution in [3.8, 4) is 0 Å². The van der Waals surface area contributed by atoms with Crippen molar-refractivity contribution < 1.29 is 4.79 Å². The average Bonchev–Trinajstić information content (AvgIpc) is 3.43. The van der Waals surface area contributed by atoms with Crippen molar-refractivity contribution >= 4 is 5.91 Å². The van der Waals surface area contributed by atoms with Crippen LogP contribution in [0, 0.1) is 5.92 Å². The van der Waals surface area contributed by atoms with Crippen molar-refractivity contribution in [2.24, 2.45) is 13.0 Å². The Morgan fingerprint density at radius 2 is 1.83 bits per heavy atom. The van der Waals surface area contributed by atoms with E-state index in [-0.39, 0.29) is 5.91 Å². The first-order valence-corrected chi connectivity index (χ1v) is 12.1. The van der Waals surface area contributed by atoms with E-state index >= 15 is 0 Å².